The van der Waals surface area contributed by atoms with Crippen LogP contribution in [0.4, 0.5) is 0 Å². The number of nitrogens with two attached hydrogens (primary N) is 1. The molecule has 100 valence electrons. The van der Waals surface area contributed by atoms with Crippen LogP contribution in [0.15, 0.2) is 0 Å². The molecule has 0 aliphatic rings. The summed E-state index contributed by atoms with van der Waals surface area (Å²) in [6.07, 6.45) is 2.60. The van der Waals surface area contributed by atoms with Gasteiger partial charge < -0.3 is 26.1 Å². The van der Waals surface area contributed by atoms with Gasteiger partial charge in [0, 0.05) is 13.0 Å². The number of aliphatic hydroxyl groups is 2. The lowest BCUT2D eigenvalue weighted by atomic mass is 10.1. The number of hydrogen-bond acceptors (Lipinski definition) is 5. The van der Waals surface area contributed by atoms with Gasteiger partial charge in [-0.15, -0.1) is 0 Å². The van der Waals surface area contributed by atoms with Gasteiger partial charge in [-0.05, 0) is 25.7 Å². The molecular weight excluding hydrogens is 224 g/mol. The van der Waals surface area contributed by atoms with Crippen molar-refractivity contribution in [2.75, 3.05) is 13.2 Å². The highest BCUT2D eigenvalue weighted by molar-refractivity contribution is 5.76. The Labute approximate surface area is 101 Å². The third-order valence-corrected chi connectivity index (χ3v) is 2.38. The Hall–Kier alpha value is -0.980. The zero-order valence-corrected chi connectivity index (χ0v) is 9.97. The number of aliphatic hydroxyl groups excluding tert-OH is 2. The van der Waals surface area contributed by atoms with Crippen molar-refractivity contribution in [3.05, 3.63) is 0 Å². The summed E-state index contributed by atoms with van der Waals surface area (Å²) in [7, 11) is 0. The molecule has 0 aliphatic heterocycles. The Bertz CT molecular complexity index is 224. The van der Waals surface area contributed by atoms with E-state index in [9.17, 15) is 9.59 Å². The van der Waals surface area contributed by atoms with Crippen molar-refractivity contribution < 1.29 is 19.8 Å². The molecule has 1 amide bonds. The van der Waals surface area contributed by atoms with E-state index >= 15 is 0 Å². The molecule has 0 aromatic heterocycles. The van der Waals surface area contributed by atoms with E-state index in [4.69, 9.17) is 15.9 Å². The first kappa shape index (κ1) is 16.0. The lowest BCUT2D eigenvalue weighted by Gasteiger charge is -2.08. The van der Waals surface area contributed by atoms with Crippen LogP contribution in [0.2, 0.25) is 0 Å². The highest BCUT2D eigenvalue weighted by Gasteiger charge is 2.05. The lowest BCUT2D eigenvalue weighted by molar-refractivity contribution is -0.121. The number of carbonyl (C=O) groups excluding carboxylic acids is 2. The van der Waals surface area contributed by atoms with Crippen LogP contribution in [-0.4, -0.2) is 47.7 Å². The zero-order valence-electron chi connectivity index (χ0n) is 9.97. The van der Waals surface area contributed by atoms with Crippen molar-refractivity contribution in [2.45, 2.75) is 44.2 Å². The third-order valence-electron chi connectivity index (χ3n) is 2.38. The van der Waals surface area contributed by atoms with E-state index in [1.807, 2.05) is 0 Å². The summed E-state index contributed by atoms with van der Waals surface area (Å²) in [5.41, 5.74) is 5.35. The number of unbranched alkanes of at least 4 members (excludes halogenated alkanes) is 1. The van der Waals surface area contributed by atoms with Gasteiger partial charge in [0.2, 0.25) is 5.91 Å². The van der Waals surface area contributed by atoms with Gasteiger partial charge in [0.25, 0.3) is 0 Å². The summed E-state index contributed by atoms with van der Waals surface area (Å²) >= 11 is 0. The van der Waals surface area contributed by atoms with Crippen molar-refractivity contribution in [3.63, 3.8) is 0 Å². The van der Waals surface area contributed by atoms with Crippen LogP contribution >= 0.6 is 0 Å². The fraction of sp³-hybridized carbons (Fsp3) is 0.818. The first-order valence-electron chi connectivity index (χ1n) is 5.86. The van der Waals surface area contributed by atoms with Gasteiger partial charge in [0.15, 0.2) is 0 Å². The Morgan fingerprint density at radius 1 is 1.35 bits per heavy atom. The van der Waals surface area contributed by atoms with Crippen LogP contribution in [0.5, 0.6) is 0 Å². The average molecular weight is 246 g/mol. The summed E-state index contributed by atoms with van der Waals surface area (Å²) in [4.78, 5) is 21.5. The smallest absolute Gasteiger partial charge is 0.220 e. The minimum Gasteiger partial charge on any atom is -0.394 e. The van der Waals surface area contributed by atoms with Gasteiger partial charge in [0.05, 0.1) is 18.8 Å². The van der Waals surface area contributed by atoms with Gasteiger partial charge >= 0.3 is 0 Å². The molecule has 6 nitrogen and oxygen atoms in total. The fourth-order valence-corrected chi connectivity index (χ4v) is 1.28. The van der Waals surface area contributed by atoms with E-state index in [0.717, 1.165) is 12.8 Å². The minimum absolute atomic E-state index is 0.120. The average Bonchev–Trinajstić information content (AvgIpc) is 2.34. The molecule has 2 atom stereocenters. The fourth-order valence-electron chi connectivity index (χ4n) is 1.28. The van der Waals surface area contributed by atoms with E-state index in [2.05, 4.69) is 5.32 Å². The van der Waals surface area contributed by atoms with Gasteiger partial charge in [-0.2, -0.15) is 0 Å². The maximum Gasteiger partial charge on any atom is 0.220 e. The molecule has 17 heavy (non-hydrogen) atoms. The largest absolute Gasteiger partial charge is 0.394 e. The molecule has 5 N–H and O–H groups in total. The Morgan fingerprint density at radius 2 is 2.06 bits per heavy atom. The van der Waals surface area contributed by atoms with Crippen molar-refractivity contribution in [3.8, 4) is 0 Å². The monoisotopic (exact) mass is 246 g/mol. The molecule has 0 saturated carbocycles. The van der Waals surface area contributed by atoms with Crippen LogP contribution in [0.25, 0.3) is 0 Å². The Balaban J connectivity index is 3.36. The predicted octanol–water partition coefficient (Wildman–Crippen LogP) is -1.07. The Morgan fingerprint density at radius 3 is 2.65 bits per heavy atom. The standard InChI is InChI=1S/C11H22N2O4/c12-9(7-14)4-5-11(17)13-6-2-1-3-10(16)8-15/h7,9-10,15-16H,1-6,8,12H2,(H,13,17). The molecular formula is C11H22N2O4. The first-order chi connectivity index (χ1) is 8.10. The molecule has 6 heteroatoms. The van der Waals surface area contributed by atoms with Crippen molar-refractivity contribution in [1.82, 2.24) is 5.32 Å². The molecule has 0 spiro atoms. The lowest BCUT2D eigenvalue weighted by Crippen LogP contribution is -2.28. The topological polar surface area (TPSA) is 113 Å². The van der Waals surface area contributed by atoms with E-state index in [1.54, 1.807) is 0 Å². The van der Waals surface area contributed by atoms with Crippen LogP contribution < -0.4 is 11.1 Å². The van der Waals surface area contributed by atoms with Crippen LogP contribution in [0.3, 0.4) is 0 Å². The molecule has 0 aromatic rings. The van der Waals surface area contributed by atoms with E-state index < -0.39 is 12.1 Å². The minimum atomic E-state index is -0.670. The first-order valence-corrected chi connectivity index (χ1v) is 5.86. The summed E-state index contributed by atoms with van der Waals surface area (Å²) in [6.45, 7) is 0.309. The quantitative estimate of drug-likeness (QED) is 0.290. The highest BCUT2D eigenvalue weighted by atomic mass is 16.3. The molecule has 0 fully saturated rings. The second-order valence-electron chi connectivity index (χ2n) is 4.02. The Kier molecular flexibility index (Phi) is 9.60. The van der Waals surface area contributed by atoms with E-state index in [0.29, 0.717) is 25.7 Å². The zero-order chi connectivity index (χ0) is 13.1. The summed E-state index contributed by atoms with van der Waals surface area (Å²) in [6, 6.07) is -0.569. The summed E-state index contributed by atoms with van der Waals surface area (Å²) in [5, 5.41) is 20.3. The van der Waals surface area contributed by atoms with Gasteiger partial charge in [0.1, 0.15) is 6.29 Å². The number of aldehydes is 1. The van der Waals surface area contributed by atoms with Gasteiger partial charge in [-0.1, -0.05) is 0 Å². The second-order valence-corrected chi connectivity index (χ2v) is 4.02. The molecule has 0 saturated heterocycles. The van der Waals surface area contributed by atoms with Crippen molar-refractivity contribution in [1.29, 1.82) is 0 Å². The van der Waals surface area contributed by atoms with E-state index in [1.165, 1.54) is 0 Å². The molecule has 0 heterocycles. The summed E-state index contributed by atoms with van der Waals surface area (Å²) < 4.78 is 0. The molecule has 0 rings (SSSR count). The van der Waals surface area contributed by atoms with E-state index in [-0.39, 0.29) is 18.9 Å². The normalized spacial score (nSPS) is 14.1. The molecule has 2 unspecified atom stereocenters. The highest BCUT2D eigenvalue weighted by Crippen LogP contribution is 1.99. The van der Waals surface area contributed by atoms with Crippen LogP contribution in [0.1, 0.15) is 32.1 Å². The number of carbonyl (C=O) groups is 2. The maximum atomic E-state index is 11.2. The van der Waals surface area contributed by atoms with Crippen molar-refractivity contribution in [2.24, 2.45) is 5.73 Å². The molecule has 0 aromatic carbocycles. The predicted molar refractivity (Wildman–Crippen MR) is 63.2 cm³/mol. The van der Waals surface area contributed by atoms with Gasteiger partial charge in [-0.25, -0.2) is 0 Å². The third kappa shape index (κ3) is 9.92. The molecule has 0 radical (unpaired) electrons. The van der Waals surface area contributed by atoms with Gasteiger partial charge in [-0.3, -0.25) is 4.79 Å². The summed E-state index contributed by atoms with van der Waals surface area (Å²) in [5.74, 6) is -0.120. The molecule has 0 aliphatic carbocycles. The van der Waals surface area contributed by atoms with Crippen molar-refractivity contribution >= 4 is 12.2 Å². The number of rotatable bonds is 10. The van der Waals surface area contributed by atoms with Crippen LogP contribution in [-0.2, 0) is 9.59 Å². The number of hydrogen-bond donors (Lipinski definition) is 4. The maximum absolute atomic E-state index is 11.2. The number of amides is 1. The van der Waals surface area contributed by atoms with Crippen LogP contribution in [0, 0.1) is 0 Å². The SMILES string of the molecule is NC(C=O)CCC(=O)NCCCCC(O)CO. The number of nitrogens with one attached hydrogen (secondary N) is 1. The second kappa shape index (κ2) is 10.2. The molecule has 0 bridgehead atoms.